The summed E-state index contributed by atoms with van der Waals surface area (Å²) in [7, 11) is 6.32. The van der Waals surface area contributed by atoms with Crippen molar-refractivity contribution in [2.75, 3.05) is 52.3 Å². The molecule has 6 heteroatoms. The maximum Gasteiger partial charge on any atom is 0.261 e. The van der Waals surface area contributed by atoms with Crippen LogP contribution in [0.4, 0.5) is 5.69 Å². The Morgan fingerprint density at radius 2 is 1.75 bits per heavy atom. The molecule has 1 aliphatic heterocycles. The number of fused-ring (bicyclic) bond motifs is 3. The zero-order chi connectivity index (χ0) is 25.2. The molecule has 1 aromatic heterocycles. The lowest BCUT2D eigenvalue weighted by molar-refractivity contribution is 0.0275. The average molecular weight is 485 g/mol. The first-order valence-corrected chi connectivity index (χ1v) is 12.9. The number of ether oxygens (including phenoxy) is 1. The predicted molar refractivity (Wildman–Crippen MR) is 148 cm³/mol. The molecule has 6 nitrogen and oxygen atoms in total. The molecule has 0 N–H and O–H groups in total. The summed E-state index contributed by atoms with van der Waals surface area (Å²) < 4.78 is 7.45. The molecule has 0 spiro atoms. The summed E-state index contributed by atoms with van der Waals surface area (Å²) in [6.45, 7) is 5.50. The second kappa shape index (κ2) is 10.4. The molecular formula is C30H36N4O2. The quantitative estimate of drug-likeness (QED) is 0.355. The van der Waals surface area contributed by atoms with Crippen LogP contribution in [0.25, 0.3) is 21.7 Å². The largest absolute Gasteiger partial charge is 0.381 e. The van der Waals surface area contributed by atoms with Crippen LogP contribution in [0.15, 0.2) is 65.7 Å². The summed E-state index contributed by atoms with van der Waals surface area (Å²) in [4.78, 5) is 23.0. The molecule has 1 aliphatic rings. The van der Waals surface area contributed by atoms with Gasteiger partial charge in [-0.3, -0.25) is 9.36 Å². The van der Waals surface area contributed by atoms with Crippen molar-refractivity contribution < 1.29 is 4.74 Å². The third-order valence-electron chi connectivity index (χ3n) is 7.49. The maximum atomic E-state index is 13.7. The standard InChI is InChI=1S/C30H36N4O2/c1-21-19-36-16-13-28(21)34-20-31-29-26-8-6-5-7-25(26)23(18-27(29)30(34)35)17-22-9-11-24(12-10-22)33(4)15-14-32(2)3/h5-12,18,20-21,28H,13-17,19H2,1-4H3. The molecule has 5 rings (SSSR count). The van der Waals surface area contributed by atoms with Gasteiger partial charge in [-0.25, -0.2) is 4.98 Å². The van der Waals surface area contributed by atoms with Gasteiger partial charge in [0.2, 0.25) is 0 Å². The predicted octanol–water partition coefficient (Wildman–Crippen LogP) is 4.74. The Morgan fingerprint density at radius 3 is 2.47 bits per heavy atom. The second-order valence-electron chi connectivity index (χ2n) is 10.4. The average Bonchev–Trinajstić information content (AvgIpc) is 2.89. The Labute approximate surface area is 213 Å². The maximum absolute atomic E-state index is 13.7. The minimum Gasteiger partial charge on any atom is -0.381 e. The van der Waals surface area contributed by atoms with Crippen LogP contribution >= 0.6 is 0 Å². The Morgan fingerprint density at radius 1 is 1.00 bits per heavy atom. The van der Waals surface area contributed by atoms with Crippen LogP contribution in [0, 0.1) is 5.92 Å². The van der Waals surface area contributed by atoms with Crippen molar-refractivity contribution in [1.29, 1.82) is 0 Å². The molecule has 0 aliphatic carbocycles. The van der Waals surface area contributed by atoms with E-state index >= 15 is 0 Å². The second-order valence-corrected chi connectivity index (χ2v) is 10.4. The summed E-state index contributed by atoms with van der Waals surface area (Å²) >= 11 is 0. The van der Waals surface area contributed by atoms with E-state index in [4.69, 9.17) is 9.72 Å². The van der Waals surface area contributed by atoms with Gasteiger partial charge < -0.3 is 14.5 Å². The molecule has 0 radical (unpaired) electrons. The van der Waals surface area contributed by atoms with Gasteiger partial charge in [0.15, 0.2) is 0 Å². The highest BCUT2D eigenvalue weighted by Gasteiger charge is 2.25. The molecule has 1 saturated heterocycles. The fourth-order valence-corrected chi connectivity index (χ4v) is 5.28. The molecule has 0 amide bonds. The van der Waals surface area contributed by atoms with E-state index in [1.54, 1.807) is 6.33 Å². The first kappa shape index (κ1) is 24.5. The lowest BCUT2D eigenvalue weighted by atomic mass is 9.95. The van der Waals surface area contributed by atoms with Crippen LogP contribution in [0.5, 0.6) is 0 Å². The lowest BCUT2D eigenvalue weighted by Gasteiger charge is -2.30. The van der Waals surface area contributed by atoms with Crippen molar-refractivity contribution in [3.63, 3.8) is 0 Å². The normalized spacial score (nSPS) is 18.2. The SMILES string of the molecule is CC1COCCC1n1cnc2c(cc(Cc3ccc(N(C)CCN(C)C)cc3)c3ccccc32)c1=O. The van der Waals surface area contributed by atoms with Crippen LogP contribution in [0.2, 0.25) is 0 Å². The Bertz CT molecular complexity index is 1410. The van der Waals surface area contributed by atoms with Crippen LogP contribution in [-0.4, -0.2) is 61.9 Å². The van der Waals surface area contributed by atoms with E-state index in [2.05, 4.69) is 86.4 Å². The van der Waals surface area contributed by atoms with Gasteiger partial charge in [-0.2, -0.15) is 0 Å². The summed E-state index contributed by atoms with van der Waals surface area (Å²) in [6.07, 6.45) is 3.35. The molecular weight excluding hydrogens is 448 g/mol. The Hall–Kier alpha value is -3.22. The number of benzene rings is 3. The fraction of sp³-hybridized carbons (Fsp3) is 0.400. The lowest BCUT2D eigenvalue weighted by Crippen LogP contribution is -2.34. The number of anilines is 1. The fourth-order valence-electron chi connectivity index (χ4n) is 5.28. The van der Waals surface area contributed by atoms with E-state index < -0.39 is 0 Å². The zero-order valence-electron chi connectivity index (χ0n) is 21.8. The molecule has 2 heterocycles. The smallest absolute Gasteiger partial charge is 0.261 e. The number of aromatic nitrogens is 2. The number of likely N-dealkylation sites (N-methyl/N-ethyl adjacent to an activating group) is 2. The number of hydrogen-bond donors (Lipinski definition) is 0. The van der Waals surface area contributed by atoms with Gasteiger partial charge in [0, 0.05) is 49.8 Å². The van der Waals surface area contributed by atoms with E-state index in [1.807, 2.05) is 10.6 Å². The summed E-state index contributed by atoms with van der Waals surface area (Å²) in [5.41, 5.74) is 4.42. The van der Waals surface area contributed by atoms with Gasteiger partial charge in [0.05, 0.1) is 23.8 Å². The molecule has 1 fully saturated rings. The van der Waals surface area contributed by atoms with Gasteiger partial charge in [0.25, 0.3) is 5.56 Å². The first-order valence-electron chi connectivity index (χ1n) is 12.9. The molecule has 0 saturated carbocycles. The molecule has 188 valence electrons. The van der Waals surface area contributed by atoms with E-state index in [-0.39, 0.29) is 17.5 Å². The van der Waals surface area contributed by atoms with Gasteiger partial charge in [-0.05, 0) is 61.6 Å². The Balaban J connectivity index is 1.51. The summed E-state index contributed by atoms with van der Waals surface area (Å²) in [5, 5.41) is 2.89. The highest BCUT2D eigenvalue weighted by atomic mass is 16.5. The minimum absolute atomic E-state index is 0.0450. The third kappa shape index (κ3) is 4.88. The van der Waals surface area contributed by atoms with Crippen molar-refractivity contribution in [1.82, 2.24) is 14.5 Å². The van der Waals surface area contributed by atoms with E-state index in [0.29, 0.717) is 18.6 Å². The molecule has 2 atom stereocenters. The van der Waals surface area contributed by atoms with Gasteiger partial charge in [-0.15, -0.1) is 0 Å². The summed E-state index contributed by atoms with van der Waals surface area (Å²) in [6, 6.07) is 19.3. The first-order chi connectivity index (χ1) is 17.4. The molecule has 2 unspecified atom stereocenters. The third-order valence-corrected chi connectivity index (χ3v) is 7.49. The van der Waals surface area contributed by atoms with Crippen molar-refractivity contribution in [3.05, 3.63) is 82.4 Å². The highest BCUT2D eigenvalue weighted by molar-refractivity contribution is 6.06. The highest BCUT2D eigenvalue weighted by Crippen LogP contribution is 2.30. The van der Waals surface area contributed by atoms with Gasteiger partial charge >= 0.3 is 0 Å². The minimum atomic E-state index is 0.0450. The van der Waals surface area contributed by atoms with Crippen molar-refractivity contribution >= 4 is 27.4 Å². The number of nitrogens with zero attached hydrogens (tertiary/aromatic N) is 4. The molecule has 4 aromatic rings. The Kier molecular flexibility index (Phi) is 7.08. The van der Waals surface area contributed by atoms with Gasteiger partial charge in [-0.1, -0.05) is 43.3 Å². The van der Waals surface area contributed by atoms with Crippen LogP contribution in [0.3, 0.4) is 0 Å². The zero-order valence-corrected chi connectivity index (χ0v) is 21.8. The van der Waals surface area contributed by atoms with E-state index in [9.17, 15) is 4.79 Å². The topological polar surface area (TPSA) is 50.6 Å². The van der Waals surface area contributed by atoms with Crippen molar-refractivity contribution in [2.24, 2.45) is 5.92 Å². The number of hydrogen-bond acceptors (Lipinski definition) is 5. The monoisotopic (exact) mass is 484 g/mol. The number of rotatable bonds is 7. The van der Waals surface area contributed by atoms with Crippen molar-refractivity contribution in [2.45, 2.75) is 25.8 Å². The molecule has 3 aromatic carbocycles. The van der Waals surface area contributed by atoms with Crippen LogP contribution < -0.4 is 10.5 Å². The van der Waals surface area contributed by atoms with Gasteiger partial charge in [0.1, 0.15) is 0 Å². The molecule has 0 bridgehead atoms. The van der Waals surface area contributed by atoms with E-state index in [1.165, 1.54) is 11.3 Å². The molecule has 36 heavy (non-hydrogen) atoms. The van der Waals surface area contributed by atoms with Crippen LogP contribution in [0.1, 0.15) is 30.5 Å². The summed E-state index contributed by atoms with van der Waals surface area (Å²) in [5.74, 6) is 0.282. The van der Waals surface area contributed by atoms with Crippen LogP contribution in [-0.2, 0) is 11.2 Å². The van der Waals surface area contributed by atoms with Crippen molar-refractivity contribution in [3.8, 4) is 0 Å². The van der Waals surface area contributed by atoms with E-state index in [0.717, 1.165) is 47.8 Å².